The Bertz CT molecular complexity index is 736. The van der Waals surface area contributed by atoms with Gasteiger partial charge in [-0.15, -0.1) is 10.2 Å². The molecule has 0 bridgehead atoms. The molecule has 1 aromatic rings. The van der Waals surface area contributed by atoms with Gasteiger partial charge in [0.1, 0.15) is 0 Å². The third-order valence-corrected chi connectivity index (χ3v) is 6.33. The number of amides is 2. The van der Waals surface area contributed by atoms with E-state index >= 15 is 0 Å². The second-order valence-electron chi connectivity index (χ2n) is 8.39. The van der Waals surface area contributed by atoms with Crippen LogP contribution in [0.2, 0.25) is 0 Å². The average molecular weight is 358 g/mol. The van der Waals surface area contributed by atoms with Crippen LogP contribution in [0.3, 0.4) is 0 Å². The Labute approximate surface area is 152 Å². The van der Waals surface area contributed by atoms with Crippen LogP contribution in [0.1, 0.15) is 55.1 Å². The molecule has 3 heterocycles. The first-order valence-corrected chi connectivity index (χ1v) is 9.87. The van der Waals surface area contributed by atoms with E-state index in [4.69, 9.17) is 0 Å². The van der Waals surface area contributed by atoms with Gasteiger partial charge in [0.05, 0.1) is 6.04 Å². The molecule has 8 heteroatoms. The molecule has 4 aliphatic rings. The zero-order valence-electron chi connectivity index (χ0n) is 15.2. The van der Waals surface area contributed by atoms with Crippen LogP contribution in [0, 0.1) is 11.8 Å². The minimum Gasteiger partial charge on any atom is -0.347 e. The van der Waals surface area contributed by atoms with Gasteiger partial charge in [-0.2, -0.15) is 0 Å². The smallest absolute Gasteiger partial charge is 0.289 e. The van der Waals surface area contributed by atoms with E-state index in [1.807, 2.05) is 9.47 Å². The van der Waals surface area contributed by atoms with E-state index in [0.717, 1.165) is 57.7 Å². The second kappa shape index (κ2) is 6.04. The second-order valence-corrected chi connectivity index (χ2v) is 8.39. The average Bonchev–Trinajstić information content (AvgIpc) is 3.32. The maximum Gasteiger partial charge on any atom is 0.289 e. The first-order valence-electron chi connectivity index (χ1n) is 9.87. The van der Waals surface area contributed by atoms with Crippen LogP contribution in [0.15, 0.2) is 0 Å². The molecule has 2 aliphatic carbocycles. The number of hydrogen-bond acceptors (Lipinski definition) is 5. The summed E-state index contributed by atoms with van der Waals surface area (Å²) in [6.45, 7) is 6.15. The predicted molar refractivity (Wildman–Crippen MR) is 93.3 cm³/mol. The van der Waals surface area contributed by atoms with Gasteiger partial charge in [-0.3, -0.25) is 14.5 Å². The standard InChI is InChI=1S/C18H26N6O2/c1-11-8-12(9-11)18(26)23-5-4-22-6-7-24-15(14(22)10-23)20-21-16(24)17(25)19-13-2-3-13/h11-14H,2-10H2,1H3,(H,19,25). The quantitative estimate of drug-likeness (QED) is 0.846. The van der Waals surface area contributed by atoms with Crippen molar-refractivity contribution in [1.82, 2.24) is 29.9 Å². The highest BCUT2D eigenvalue weighted by Gasteiger charge is 2.41. The van der Waals surface area contributed by atoms with Crippen LogP contribution in [0.4, 0.5) is 0 Å². The van der Waals surface area contributed by atoms with Gasteiger partial charge < -0.3 is 14.8 Å². The number of nitrogens with one attached hydrogen (secondary N) is 1. The van der Waals surface area contributed by atoms with Gasteiger partial charge in [-0.25, -0.2) is 0 Å². The monoisotopic (exact) mass is 358 g/mol. The van der Waals surface area contributed by atoms with Gasteiger partial charge in [0, 0.05) is 44.7 Å². The summed E-state index contributed by atoms with van der Waals surface area (Å²) < 4.78 is 1.96. The summed E-state index contributed by atoms with van der Waals surface area (Å²) in [4.78, 5) is 29.5. The highest BCUT2D eigenvalue weighted by molar-refractivity contribution is 5.91. The number of fused-ring (bicyclic) bond motifs is 3. The zero-order valence-corrected chi connectivity index (χ0v) is 15.2. The molecule has 2 aliphatic heterocycles. The van der Waals surface area contributed by atoms with Crippen LogP contribution in [0.25, 0.3) is 0 Å². The van der Waals surface area contributed by atoms with Gasteiger partial charge in [0.25, 0.3) is 5.91 Å². The molecule has 1 atom stereocenters. The Morgan fingerprint density at radius 2 is 1.85 bits per heavy atom. The number of rotatable bonds is 3. The predicted octanol–water partition coefficient (Wildman–Crippen LogP) is 0.415. The van der Waals surface area contributed by atoms with Gasteiger partial charge in [-0.05, 0) is 31.6 Å². The Morgan fingerprint density at radius 1 is 1.08 bits per heavy atom. The molecule has 1 N–H and O–H groups in total. The van der Waals surface area contributed by atoms with E-state index in [1.165, 1.54) is 0 Å². The summed E-state index contributed by atoms with van der Waals surface area (Å²) in [7, 11) is 0. The van der Waals surface area contributed by atoms with E-state index in [2.05, 4.69) is 27.3 Å². The van der Waals surface area contributed by atoms with Crippen LogP contribution >= 0.6 is 0 Å². The molecule has 0 aromatic carbocycles. The first kappa shape index (κ1) is 16.2. The fraction of sp³-hybridized carbons (Fsp3) is 0.778. The maximum atomic E-state index is 12.8. The van der Waals surface area contributed by atoms with Crippen molar-refractivity contribution in [2.24, 2.45) is 11.8 Å². The summed E-state index contributed by atoms with van der Waals surface area (Å²) >= 11 is 0. The number of carbonyl (C=O) groups is 2. The first-order chi connectivity index (χ1) is 12.6. The molecule has 3 fully saturated rings. The summed E-state index contributed by atoms with van der Waals surface area (Å²) in [5.74, 6) is 2.31. The van der Waals surface area contributed by atoms with Crippen molar-refractivity contribution in [1.29, 1.82) is 0 Å². The van der Waals surface area contributed by atoms with Crippen LogP contribution in [-0.4, -0.2) is 68.6 Å². The van der Waals surface area contributed by atoms with Crippen molar-refractivity contribution >= 4 is 11.8 Å². The molecular formula is C18H26N6O2. The molecule has 2 saturated carbocycles. The van der Waals surface area contributed by atoms with Crippen LogP contribution in [-0.2, 0) is 11.3 Å². The Balaban J connectivity index is 1.33. The van der Waals surface area contributed by atoms with Gasteiger partial charge in [0.15, 0.2) is 5.82 Å². The lowest BCUT2D eigenvalue weighted by Gasteiger charge is -2.45. The van der Waals surface area contributed by atoms with Crippen molar-refractivity contribution in [2.75, 3.05) is 26.2 Å². The van der Waals surface area contributed by atoms with Gasteiger partial charge in [-0.1, -0.05) is 6.92 Å². The van der Waals surface area contributed by atoms with E-state index < -0.39 is 0 Å². The van der Waals surface area contributed by atoms with E-state index in [1.54, 1.807) is 0 Å². The number of aromatic nitrogens is 3. The molecule has 8 nitrogen and oxygen atoms in total. The zero-order chi connectivity index (χ0) is 17.8. The Kier molecular flexibility index (Phi) is 3.77. The Morgan fingerprint density at radius 3 is 2.58 bits per heavy atom. The molecule has 2 amide bonds. The molecule has 140 valence electrons. The third-order valence-electron chi connectivity index (χ3n) is 6.33. The van der Waals surface area contributed by atoms with Crippen molar-refractivity contribution in [3.05, 3.63) is 11.6 Å². The highest BCUT2D eigenvalue weighted by Crippen LogP contribution is 2.36. The lowest BCUT2D eigenvalue weighted by atomic mass is 9.75. The van der Waals surface area contributed by atoms with E-state index in [0.29, 0.717) is 30.2 Å². The molecular weight excluding hydrogens is 332 g/mol. The van der Waals surface area contributed by atoms with Crippen molar-refractivity contribution in [2.45, 2.75) is 51.2 Å². The van der Waals surface area contributed by atoms with Crippen LogP contribution in [0.5, 0.6) is 0 Å². The third kappa shape index (κ3) is 2.71. The number of carbonyl (C=O) groups excluding carboxylic acids is 2. The fourth-order valence-electron chi connectivity index (χ4n) is 4.55. The lowest BCUT2D eigenvalue weighted by molar-refractivity contribution is -0.143. The summed E-state index contributed by atoms with van der Waals surface area (Å²) in [6.07, 6.45) is 4.15. The maximum absolute atomic E-state index is 12.8. The molecule has 1 aromatic heterocycles. The number of nitrogens with zero attached hydrogens (tertiary/aromatic N) is 5. The molecule has 0 radical (unpaired) electrons. The SMILES string of the molecule is CC1CC(C(=O)N2CCN3CCn4c(C(=O)NC5CC5)nnc4C3C2)C1. The molecule has 1 saturated heterocycles. The number of piperazine rings is 1. The normalized spacial score (nSPS) is 31.0. The summed E-state index contributed by atoms with van der Waals surface area (Å²) in [6, 6.07) is 0.358. The van der Waals surface area contributed by atoms with Crippen molar-refractivity contribution < 1.29 is 9.59 Å². The molecule has 26 heavy (non-hydrogen) atoms. The summed E-state index contributed by atoms with van der Waals surface area (Å²) in [5, 5.41) is 11.5. The van der Waals surface area contributed by atoms with E-state index in [9.17, 15) is 9.59 Å². The minimum atomic E-state index is -0.119. The van der Waals surface area contributed by atoms with Crippen LogP contribution < -0.4 is 5.32 Å². The van der Waals surface area contributed by atoms with E-state index in [-0.39, 0.29) is 17.9 Å². The lowest BCUT2D eigenvalue weighted by Crippen LogP contribution is -2.55. The minimum absolute atomic E-state index is 0.0499. The largest absolute Gasteiger partial charge is 0.347 e. The summed E-state index contributed by atoms with van der Waals surface area (Å²) in [5.41, 5.74) is 0. The van der Waals surface area contributed by atoms with Crippen molar-refractivity contribution in [3.8, 4) is 0 Å². The van der Waals surface area contributed by atoms with Gasteiger partial charge >= 0.3 is 0 Å². The van der Waals surface area contributed by atoms with Gasteiger partial charge in [0.2, 0.25) is 11.7 Å². The number of hydrogen-bond donors (Lipinski definition) is 1. The topological polar surface area (TPSA) is 83.4 Å². The molecule has 0 spiro atoms. The molecule has 1 unspecified atom stereocenters. The Hall–Kier alpha value is -1.96. The van der Waals surface area contributed by atoms with Crippen molar-refractivity contribution in [3.63, 3.8) is 0 Å². The highest BCUT2D eigenvalue weighted by atomic mass is 16.2. The molecule has 5 rings (SSSR count). The fourth-order valence-corrected chi connectivity index (χ4v) is 4.55.